The molecule has 0 N–H and O–H groups in total. The summed E-state index contributed by atoms with van der Waals surface area (Å²) in [7, 11) is 1.67. The van der Waals surface area contributed by atoms with Gasteiger partial charge in [0.2, 0.25) is 5.88 Å². The number of hydrogen-bond donors (Lipinski definition) is 0. The number of thiophene rings is 1. The largest absolute Gasteiger partial charge is 0.481 e. The van der Waals surface area contributed by atoms with Crippen LogP contribution in [-0.2, 0) is 24.4 Å². The highest BCUT2D eigenvalue weighted by Gasteiger charge is 2.43. The van der Waals surface area contributed by atoms with Crippen LogP contribution in [0.5, 0.6) is 5.88 Å². The highest BCUT2D eigenvalue weighted by molar-refractivity contribution is 7.08. The van der Waals surface area contributed by atoms with Gasteiger partial charge < -0.3 is 14.0 Å². The second-order valence-corrected chi connectivity index (χ2v) is 8.04. The van der Waals surface area contributed by atoms with E-state index in [-0.39, 0.29) is 5.60 Å². The van der Waals surface area contributed by atoms with Crippen LogP contribution in [0.15, 0.2) is 41.4 Å². The first-order chi connectivity index (χ1) is 13.3. The van der Waals surface area contributed by atoms with Gasteiger partial charge in [0.15, 0.2) is 0 Å². The first-order valence-corrected chi connectivity index (χ1v) is 10.1. The molecule has 0 aromatic carbocycles. The molecule has 5 heterocycles. The molecule has 1 fully saturated rings. The molecule has 1 atom stereocenters. The Bertz CT molecular complexity index is 939. The summed E-state index contributed by atoms with van der Waals surface area (Å²) >= 11 is 1.72. The summed E-state index contributed by atoms with van der Waals surface area (Å²) in [5.74, 6) is 1.73. The molecule has 3 aromatic rings. The van der Waals surface area contributed by atoms with E-state index >= 15 is 0 Å². The number of rotatable bonds is 4. The SMILES string of the molecule is COc1ncccc1CN1CCC2(C1)Cn1c(-c3ccsc3)cnc1CO2. The molecule has 6 nitrogen and oxygen atoms in total. The van der Waals surface area contributed by atoms with E-state index in [0.717, 1.165) is 44.0 Å². The molecule has 27 heavy (non-hydrogen) atoms. The lowest BCUT2D eigenvalue weighted by atomic mass is 10.0. The molecule has 0 aliphatic carbocycles. The quantitative estimate of drug-likeness (QED) is 0.694. The summed E-state index contributed by atoms with van der Waals surface area (Å²) < 4.78 is 14.1. The maximum Gasteiger partial charge on any atom is 0.217 e. The van der Waals surface area contributed by atoms with Crippen molar-refractivity contribution in [1.82, 2.24) is 19.4 Å². The minimum atomic E-state index is -0.145. The number of aromatic nitrogens is 3. The number of pyridine rings is 1. The standard InChI is InChI=1S/C20H22N4O2S/c1-25-19-15(3-2-6-21-19)10-23-7-5-20(13-23)14-24-17(16-4-8-27-12-16)9-22-18(24)11-26-20/h2-4,6,8-9,12H,5,7,10-11,13-14H2,1H3. The Labute approximate surface area is 162 Å². The zero-order valence-electron chi connectivity index (χ0n) is 15.3. The lowest BCUT2D eigenvalue weighted by Gasteiger charge is -2.35. The van der Waals surface area contributed by atoms with Crippen molar-refractivity contribution in [3.05, 3.63) is 52.7 Å². The maximum atomic E-state index is 6.34. The van der Waals surface area contributed by atoms with E-state index in [1.165, 1.54) is 11.3 Å². The van der Waals surface area contributed by atoms with E-state index < -0.39 is 0 Å². The highest BCUT2D eigenvalue weighted by atomic mass is 32.1. The third kappa shape index (κ3) is 3.05. The molecule has 140 valence electrons. The number of likely N-dealkylation sites (tertiary alicyclic amines) is 1. The highest BCUT2D eigenvalue weighted by Crippen LogP contribution is 2.36. The van der Waals surface area contributed by atoms with E-state index in [4.69, 9.17) is 9.47 Å². The molecule has 0 bridgehead atoms. The zero-order chi connectivity index (χ0) is 18.3. The Morgan fingerprint density at radius 2 is 2.26 bits per heavy atom. The first kappa shape index (κ1) is 16.9. The number of ether oxygens (including phenoxy) is 2. The summed E-state index contributed by atoms with van der Waals surface area (Å²) in [6, 6.07) is 6.21. The fraction of sp³-hybridized carbons (Fsp3) is 0.400. The monoisotopic (exact) mass is 382 g/mol. The third-order valence-electron chi connectivity index (χ3n) is 5.54. The van der Waals surface area contributed by atoms with Crippen LogP contribution in [0, 0.1) is 0 Å². The molecular formula is C20H22N4O2S. The van der Waals surface area contributed by atoms with E-state index in [1.807, 2.05) is 12.3 Å². The molecule has 0 amide bonds. The fourth-order valence-electron chi connectivity index (χ4n) is 4.18. The summed E-state index contributed by atoms with van der Waals surface area (Å²) in [5.41, 5.74) is 3.41. The van der Waals surface area contributed by atoms with Crippen LogP contribution in [-0.4, -0.2) is 45.2 Å². The van der Waals surface area contributed by atoms with Gasteiger partial charge in [-0.3, -0.25) is 4.90 Å². The first-order valence-electron chi connectivity index (χ1n) is 9.17. The smallest absolute Gasteiger partial charge is 0.217 e. The van der Waals surface area contributed by atoms with Gasteiger partial charge in [-0.05, 0) is 23.9 Å². The van der Waals surface area contributed by atoms with Crippen LogP contribution in [0.1, 0.15) is 17.8 Å². The van der Waals surface area contributed by atoms with Crippen LogP contribution in [0.2, 0.25) is 0 Å². The molecule has 0 radical (unpaired) electrons. The van der Waals surface area contributed by atoms with Crippen LogP contribution >= 0.6 is 11.3 Å². The molecule has 5 rings (SSSR count). The Kier molecular flexibility index (Phi) is 4.22. The maximum absolute atomic E-state index is 6.34. The molecule has 3 aromatic heterocycles. The normalized spacial score (nSPS) is 22.3. The fourth-order valence-corrected chi connectivity index (χ4v) is 4.83. The topological polar surface area (TPSA) is 52.4 Å². The summed E-state index contributed by atoms with van der Waals surface area (Å²) in [6.45, 7) is 4.18. The predicted octanol–water partition coefficient (Wildman–Crippen LogP) is 3.19. The van der Waals surface area contributed by atoms with E-state index in [9.17, 15) is 0 Å². The van der Waals surface area contributed by atoms with Crippen LogP contribution < -0.4 is 4.74 Å². The minimum absolute atomic E-state index is 0.145. The van der Waals surface area contributed by atoms with Gasteiger partial charge in [-0.1, -0.05) is 6.07 Å². The molecule has 1 spiro atoms. The van der Waals surface area contributed by atoms with Gasteiger partial charge in [-0.15, -0.1) is 0 Å². The predicted molar refractivity (Wildman–Crippen MR) is 104 cm³/mol. The molecule has 1 saturated heterocycles. The van der Waals surface area contributed by atoms with Gasteiger partial charge in [0.05, 0.1) is 25.5 Å². The number of methoxy groups -OCH3 is 1. The second kappa shape index (κ2) is 6.74. The van der Waals surface area contributed by atoms with Crippen molar-refractivity contribution in [3.63, 3.8) is 0 Å². The van der Waals surface area contributed by atoms with Gasteiger partial charge in [0.1, 0.15) is 18.0 Å². The number of imidazole rings is 1. The number of nitrogens with zero attached hydrogens (tertiary/aromatic N) is 4. The Hall–Kier alpha value is -2.22. The average molecular weight is 382 g/mol. The van der Waals surface area contributed by atoms with Crippen molar-refractivity contribution in [2.24, 2.45) is 0 Å². The van der Waals surface area contributed by atoms with Crippen molar-refractivity contribution in [1.29, 1.82) is 0 Å². The zero-order valence-corrected chi connectivity index (χ0v) is 16.1. The van der Waals surface area contributed by atoms with Crippen molar-refractivity contribution in [3.8, 4) is 17.1 Å². The van der Waals surface area contributed by atoms with Gasteiger partial charge in [0, 0.05) is 42.3 Å². The van der Waals surface area contributed by atoms with Crippen LogP contribution in [0.25, 0.3) is 11.3 Å². The Morgan fingerprint density at radius 3 is 3.11 bits per heavy atom. The Balaban J connectivity index is 1.35. The molecule has 0 saturated carbocycles. The van der Waals surface area contributed by atoms with Gasteiger partial charge in [-0.2, -0.15) is 11.3 Å². The third-order valence-corrected chi connectivity index (χ3v) is 6.22. The van der Waals surface area contributed by atoms with E-state index in [1.54, 1.807) is 24.6 Å². The van der Waals surface area contributed by atoms with E-state index in [2.05, 4.69) is 42.3 Å². The average Bonchev–Trinajstić information content (AvgIpc) is 3.43. The lowest BCUT2D eigenvalue weighted by molar-refractivity contribution is -0.0821. The minimum Gasteiger partial charge on any atom is -0.481 e. The molecule has 7 heteroatoms. The van der Waals surface area contributed by atoms with Crippen molar-refractivity contribution < 1.29 is 9.47 Å². The molecule has 2 aliphatic rings. The van der Waals surface area contributed by atoms with Crippen molar-refractivity contribution in [2.45, 2.75) is 31.7 Å². The molecule has 1 unspecified atom stereocenters. The van der Waals surface area contributed by atoms with E-state index in [0.29, 0.717) is 12.5 Å². The second-order valence-electron chi connectivity index (χ2n) is 7.26. The molecule has 2 aliphatic heterocycles. The Morgan fingerprint density at radius 1 is 1.30 bits per heavy atom. The van der Waals surface area contributed by atoms with Gasteiger partial charge in [0.25, 0.3) is 0 Å². The van der Waals surface area contributed by atoms with Gasteiger partial charge >= 0.3 is 0 Å². The van der Waals surface area contributed by atoms with Crippen molar-refractivity contribution in [2.75, 3.05) is 20.2 Å². The van der Waals surface area contributed by atoms with Gasteiger partial charge in [-0.25, -0.2) is 9.97 Å². The number of fused-ring (bicyclic) bond motifs is 1. The summed E-state index contributed by atoms with van der Waals surface area (Å²) in [5, 5.41) is 4.30. The number of hydrogen-bond acceptors (Lipinski definition) is 6. The van der Waals surface area contributed by atoms with Crippen LogP contribution in [0.3, 0.4) is 0 Å². The summed E-state index contributed by atoms with van der Waals surface area (Å²) in [6.07, 6.45) is 4.77. The van der Waals surface area contributed by atoms with Crippen LogP contribution in [0.4, 0.5) is 0 Å². The lowest BCUT2D eigenvalue weighted by Crippen LogP contribution is -2.44. The molecular weight excluding hydrogens is 360 g/mol. The summed E-state index contributed by atoms with van der Waals surface area (Å²) in [4.78, 5) is 11.3. The van der Waals surface area contributed by atoms with Crippen molar-refractivity contribution >= 4 is 11.3 Å².